The van der Waals surface area contributed by atoms with Gasteiger partial charge in [-0.2, -0.15) is 5.57 Å². The van der Waals surface area contributed by atoms with Crippen LogP contribution in [0.1, 0.15) is 13.3 Å². The number of hydrogen-bond acceptors (Lipinski definition) is 0. The van der Waals surface area contributed by atoms with Gasteiger partial charge in [0.2, 0.25) is 0 Å². The zero-order valence-corrected chi connectivity index (χ0v) is 9.78. The second-order valence-electron chi connectivity index (χ2n) is 1.53. The molecule has 0 saturated carbocycles. The minimum atomic E-state index is 0. The van der Waals surface area contributed by atoms with Crippen molar-refractivity contribution in [2.45, 2.75) is 13.3 Å². The number of rotatable bonds is 0. The van der Waals surface area contributed by atoms with E-state index in [1.807, 2.05) is 6.08 Å². The predicted molar refractivity (Wildman–Crippen MR) is 26.2 cm³/mol. The van der Waals surface area contributed by atoms with E-state index in [4.69, 9.17) is 0 Å². The first-order valence-corrected chi connectivity index (χ1v) is 2.13. The van der Waals surface area contributed by atoms with Gasteiger partial charge in [-0.1, -0.05) is 13.3 Å². The molecule has 0 spiro atoms. The van der Waals surface area contributed by atoms with E-state index in [0.29, 0.717) is 0 Å². The summed E-state index contributed by atoms with van der Waals surface area (Å²) < 4.78 is 0. The van der Waals surface area contributed by atoms with E-state index in [2.05, 4.69) is 19.1 Å². The second kappa shape index (κ2) is 4.19. The van der Waals surface area contributed by atoms with Crippen molar-refractivity contribution >= 4 is 0 Å². The van der Waals surface area contributed by atoms with Crippen molar-refractivity contribution in [2.75, 3.05) is 0 Å². The van der Waals surface area contributed by atoms with Crippen molar-refractivity contribution < 1.29 is 58.2 Å². The van der Waals surface area contributed by atoms with E-state index in [9.17, 15) is 0 Å². The van der Waals surface area contributed by atoms with Crippen molar-refractivity contribution in [1.29, 1.82) is 0 Å². The monoisotopic (exact) mass is 164 g/mol. The van der Waals surface area contributed by atoms with Crippen molar-refractivity contribution in [3.63, 3.8) is 0 Å². The van der Waals surface area contributed by atoms with Crippen LogP contribution in [0.15, 0.2) is 17.7 Å². The topological polar surface area (TPSA) is 0 Å². The Morgan fingerprint density at radius 3 is 2.57 bits per heavy atom. The third-order valence-corrected chi connectivity index (χ3v) is 0.872. The summed E-state index contributed by atoms with van der Waals surface area (Å²) in [6.45, 7) is 2.08. The zero-order chi connectivity index (χ0) is 4.41. The summed E-state index contributed by atoms with van der Waals surface area (Å²) in [7, 11) is 0. The van der Waals surface area contributed by atoms with Gasteiger partial charge in [-0.3, -0.25) is 6.08 Å². The maximum absolute atomic E-state index is 3.06. The van der Waals surface area contributed by atoms with Crippen molar-refractivity contribution in [3.8, 4) is 0 Å². The van der Waals surface area contributed by atoms with Crippen LogP contribution in [0.4, 0.5) is 0 Å². The fraction of sp³-hybridized carbons (Fsp3) is 0.333. The molecule has 0 amide bonds. The molecule has 7 heavy (non-hydrogen) atoms. The first-order chi connectivity index (χ1) is 2.89. The molecule has 0 aromatic carbocycles. The minimum Gasteiger partial charge on any atom is -0.253 e. The van der Waals surface area contributed by atoms with Crippen LogP contribution >= 0.6 is 0 Å². The molecule has 1 aliphatic rings. The van der Waals surface area contributed by atoms with Gasteiger partial charge in [0.05, 0.1) is 0 Å². The molecule has 0 aromatic rings. The van der Waals surface area contributed by atoms with Gasteiger partial charge in [-0.05, 0) is 0 Å². The summed E-state index contributed by atoms with van der Waals surface area (Å²) in [5.74, 6) is 0. The molecule has 0 nitrogen and oxygen atoms in total. The Morgan fingerprint density at radius 2 is 2.43 bits per heavy atom. The Balaban J connectivity index is 0.000000360. The Kier molecular flexibility index (Phi) is 4.96. The van der Waals surface area contributed by atoms with Gasteiger partial charge in [-0.15, -0.1) is 0 Å². The van der Waals surface area contributed by atoms with Crippen LogP contribution in [0.5, 0.6) is 0 Å². The van der Waals surface area contributed by atoms with E-state index in [1.54, 1.807) is 0 Å². The Labute approximate surface area is 93.5 Å². The predicted octanol–water partition coefficient (Wildman–Crippen LogP) is -1.30. The second-order valence-corrected chi connectivity index (χ2v) is 1.53. The summed E-state index contributed by atoms with van der Waals surface area (Å²) in [5, 5.41) is 0. The minimum absolute atomic E-state index is 0. The summed E-state index contributed by atoms with van der Waals surface area (Å²) in [4.78, 5) is 0. The first kappa shape index (κ1) is 8.29. The van der Waals surface area contributed by atoms with Crippen molar-refractivity contribution in [1.82, 2.24) is 0 Å². The van der Waals surface area contributed by atoms with Gasteiger partial charge in [0.1, 0.15) is 0 Å². The molecule has 32 valence electrons. The summed E-state index contributed by atoms with van der Waals surface area (Å²) in [6, 6.07) is 0. The van der Waals surface area contributed by atoms with E-state index in [-0.39, 0.29) is 58.2 Å². The SMILES string of the molecule is CC1=[C-]C=CC1.[Rb+]. The summed E-state index contributed by atoms with van der Waals surface area (Å²) in [5.41, 5.74) is 1.34. The molecule has 0 saturated heterocycles. The van der Waals surface area contributed by atoms with Crippen LogP contribution in [0.25, 0.3) is 0 Å². The van der Waals surface area contributed by atoms with E-state index >= 15 is 0 Å². The molecule has 0 bridgehead atoms. The molecule has 0 fully saturated rings. The van der Waals surface area contributed by atoms with E-state index in [1.165, 1.54) is 5.57 Å². The smallest absolute Gasteiger partial charge is 0.253 e. The average Bonchev–Trinajstić information content (AvgIpc) is 1.86. The van der Waals surface area contributed by atoms with Crippen LogP contribution < -0.4 is 58.2 Å². The molecule has 0 unspecified atom stereocenters. The first-order valence-electron chi connectivity index (χ1n) is 2.13. The number of hydrogen-bond donors (Lipinski definition) is 0. The third-order valence-electron chi connectivity index (χ3n) is 0.872. The third kappa shape index (κ3) is 2.96. The quantitative estimate of drug-likeness (QED) is 0.391. The van der Waals surface area contributed by atoms with Gasteiger partial charge < -0.3 is 0 Å². The molecule has 1 heteroatoms. The van der Waals surface area contributed by atoms with E-state index < -0.39 is 0 Å². The van der Waals surface area contributed by atoms with Gasteiger partial charge >= 0.3 is 58.2 Å². The Hall–Kier alpha value is 1.29. The van der Waals surface area contributed by atoms with Crippen LogP contribution in [-0.2, 0) is 0 Å². The standard InChI is InChI=1S/C6H7.Rb/c1-6-4-2-3-5-6;/h2-3H,4H2,1H3;/q-1;+1. The number of allylic oxidation sites excluding steroid dienone is 4. The molecule has 0 atom stereocenters. The van der Waals surface area contributed by atoms with Crippen LogP contribution in [0.2, 0.25) is 0 Å². The van der Waals surface area contributed by atoms with Gasteiger partial charge in [0, 0.05) is 0 Å². The Bertz CT molecular complexity index is 101. The molecule has 0 heterocycles. The molecule has 0 radical (unpaired) electrons. The molecule has 0 aliphatic heterocycles. The van der Waals surface area contributed by atoms with Crippen molar-refractivity contribution in [3.05, 3.63) is 23.8 Å². The van der Waals surface area contributed by atoms with Crippen LogP contribution in [0, 0.1) is 6.08 Å². The molecular weight excluding hydrogens is 158 g/mol. The summed E-state index contributed by atoms with van der Waals surface area (Å²) in [6.07, 6.45) is 8.24. The van der Waals surface area contributed by atoms with Crippen molar-refractivity contribution in [2.24, 2.45) is 0 Å². The fourth-order valence-corrected chi connectivity index (χ4v) is 0.496. The largest absolute Gasteiger partial charge is 1.00 e. The molecule has 1 aliphatic carbocycles. The van der Waals surface area contributed by atoms with Crippen LogP contribution in [0.3, 0.4) is 0 Å². The van der Waals surface area contributed by atoms with Crippen LogP contribution in [-0.4, -0.2) is 0 Å². The molecule has 0 aromatic heterocycles. The summed E-state index contributed by atoms with van der Waals surface area (Å²) >= 11 is 0. The molecule has 1 rings (SSSR count). The van der Waals surface area contributed by atoms with E-state index in [0.717, 1.165) is 6.42 Å². The maximum atomic E-state index is 3.06. The maximum Gasteiger partial charge on any atom is 1.00 e. The molecule has 0 N–H and O–H groups in total. The van der Waals surface area contributed by atoms with Gasteiger partial charge in [-0.25, -0.2) is 12.2 Å². The van der Waals surface area contributed by atoms with Gasteiger partial charge in [0.15, 0.2) is 0 Å². The average molecular weight is 165 g/mol. The molecular formula is C6H7Rb. The fourth-order valence-electron chi connectivity index (χ4n) is 0.496. The Morgan fingerprint density at radius 1 is 1.71 bits per heavy atom. The van der Waals surface area contributed by atoms with Gasteiger partial charge in [0.25, 0.3) is 0 Å². The zero-order valence-electron chi connectivity index (χ0n) is 4.86. The normalized spacial score (nSPS) is 15.9.